The number of hydrogen-bond donors (Lipinski definition) is 1. The molecule has 0 aliphatic carbocycles. The highest BCUT2D eigenvalue weighted by molar-refractivity contribution is 7.92. The fraction of sp³-hybridized carbons (Fsp3) is 0.538. The zero-order valence-corrected chi connectivity index (χ0v) is 12.1. The van der Waals surface area contributed by atoms with Gasteiger partial charge in [0.05, 0.1) is 11.4 Å². The van der Waals surface area contributed by atoms with E-state index in [0.717, 1.165) is 0 Å². The Kier molecular flexibility index (Phi) is 6.83. The molecule has 0 amide bonds. The van der Waals surface area contributed by atoms with Crippen LogP contribution in [0.4, 0.5) is 5.69 Å². The van der Waals surface area contributed by atoms with Gasteiger partial charge < -0.3 is 10.5 Å². The van der Waals surface area contributed by atoms with Crippen molar-refractivity contribution in [3.05, 3.63) is 30.3 Å². The molecule has 0 saturated carbocycles. The predicted molar refractivity (Wildman–Crippen MR) is 77.7 cm³/mol. The minimum absolute atomic E-state index is 0.0836. The minimum atomic E-state index is -3.32. The van der Waals surface area contributed by atoms with Crippen molar-refractivity contribution in [2.75, 3.05) is 36.9 Å². The Balaban J connectivity index is 2.84. The second kappa shape index (κ2) is 8.14. The first kappa shape index (κ1) is 15.9. The Labute approximate surface area is 115 Å². The summed E-state index contributed by atoms with van der Waals surface area (Å²) in [5, 5.41) is 0. The van der Waals surface area contributed by atoms with Crippen molar-refractivity contribution in [2.24, 2.45) is 5.73 Å². The van der Waals surface area contributed by atoms with E-state index in [-0.39, 0.29) is 5.75 Å². The Hall–Kier alpha value is -1.11. The summed E-state index contributed by atoms with van der Waals surface area (Å²) in [6.07, 6.45) is 1.13. The van der Waals surface area contributed by atoms with Gasteiger partial charge in [-0.25, -0.2) is 8.42 Å². The lowest BCUT2D eigenvalue weighted by Crippen LogP contribution is -2.35. The summed E-state index contributed by atoms with van der Waals surface area (Å²) in [6, 6.07) is 9.11. The average Bonchev–Trinajstić information content (AvgIpc) is 2.40. The lowest BCUT2D eigenvalue weighted by Gasteiger charge is -2.24. The fourth-order valence-corrected chi connectivity index (χ4v) is 3.31. The molecule has 0 spiro atoms. The van der Waals surface area contributed by atoms with Crippen molar-refractivity contribution >= 4 is 15.7 Å². The van der Waals surface area contributed by atoms with Gasteiger partial charge in [0.2, 0.25) is 10.0 Å². The van der Waals surface area contributed by atoms with Gasteiger partial charge in [-0.15, -0.1) is 0 Å². The monoisotopic (exact) mass is 286 g/mol. The maximum absolute atomic E-state index is 12.3. The second-order valence-electron chi connectivity index (χ2n) is 4.21. The highest BCUT2D eigenvalue weighted by atomic mass is 32.2. The molecule has 108 valence electrons. The molecule has 1 aromatic carbocycles. The second-order valence-corrected chi connectivity index (χ2v) is 6.23. The summed E-state index contributed by atoms with van der Waals surface area (Å²) < 4.78 is 31.0. The van der Waals surface area contributed by atoms with Gasteiger partial charge >= 0.3 is 0 Å². The van der Waals surface area contributed by atoms with Gasteiger partial charge in [-0.2, -0.15) is 0 Å². The number of rotatable bonds is 9. The molecule has 2 N–H and O–H groups in total. The third-order valence-electron chi connectivity index (χ3n) is 2.70. The van der Waals surface area contributed by atoms with Crippen molar-refractivity contribution < 1.29 is 13.2 Å². The van der Waals surface area contributed by atoms with Gasteiger partial charge in [-0.1, -0.05) is 18.2 Å². The highest BCUT2D eigenvalue weighted by Crippen LogP contribution is 2.18. The van der Waals surface area contributed by atoms with E-state index < -0.39 is 10.0 Å². The summed E-state index contributed by atoms with van der Waals surface area (Å²) in [4.78, 5) is 0. The third kappa shape index (κ3) is 5.18. The van der Waals surface area contributed by atoms with Crippen LogP contribution in [0.15, 0.2) is 30.3 Å². The first-order valence-electron chi connectivity index (χ1n) is 6.36. The molecular weight excluding hydrogens is 264 g/mol. The van der Waals surface area contributed by atoms with E-state index in [1.165, 1.54) is 4.31 Å². The molecule has 5 nitrogen and oxygen atoms in total. The van der Waals surface area contributed by atoms with E-state index in [1.54, 1.807) is 19.2 Å². The van der Waals surface area contributed by atoms with Crippen LogP contribution in [-0.4, -0.2) is 41.0 Å². The van der Waals surface area contributed by atoms with Gasteiger partial charge in [0.25, 0.3) is 0 Å². The van der Waals surface area contributed by atoms with Crippen molar-refractivity contribution in [3.63, 3.8) is 0 Å². The van der Waals surface area contributed by atoms with Crippen molar-refractivity contribution in [3.8, 4) is 0 Å². The number of para-hydroxylation sites is 1. The molecule has 0 fully saturated rings. The molecule has 0 aliphatic heterocycles. The molecule has 0 aromatic heterocycles. The number of methoxy groups -OCH3 is 1. The van der Waals surface area contributed by atoms with Crippen LogP contribution in [0.1, 0.15) is 12.8 Å². The molecule has 0 saturated heterocycles. The average molecular weight is 286 g/mol. The van der Waals surface area contributed by atoms with Crippen LogP contribution in [0.25, 0.3) is 0 Å². The molecular formula is C13H22N2O3S. The largest absolute Gasteiger partial charge is 0.385 e. The molecule has 6 heteroatoms. The van der Waals surface area contributed by atoms with Crippen molar-refractivity contribution in [1.29, 1.82) is 0 Å². The maximum Gasteiger partial charge on any atom is 0.235 e. The molecule has 19 heavy (non-hydrogen) atoms. The van der Waals surface area contributed by atoms with Gasteiger partial charge in [0, 0.05) is 20.3 Å². The molecule has 0 unspecified atom stereocenters. The van der Waals surface area contributed by atoms with Gasteiger partial charge in [-0.3, -0.25) is 4.31 Å². The first-order chi connectivity index (χ1) is 9.11. The van der Waals surface area contributed by atoms with Crippen LogP contribution < -0.4 is 10.0 Å². The minimum Gasteiger partial charge on any atom is -0.385 e. The first-order valence-corrected chi connectivity index (χ1v) is 7.97. The van der Waals surface area contributed by atoms with E-state index in [1.807, 2.05) is 18.2 Å². The van der Waals surface area contributed by atoms with Crippen LogP contribution in [0, 0.1) is 0 Å². The maximum atomic E-state index is 12.3. The van der Waals surface area contributed by atoms with E-state index in [2.05, 4.69) is 0 Å². The van der Waals surface area contributed by atoms with Crippen LogP contribution >= 0.6 is 0 Å². The Morgan fingerprint density at radius 3 is 2.47 bits per heavy atom. The molecule has 1 aromatic rings. The normalized spacial score (nSPS) is 11.5. The summed E-state index contributed by atoms with van der Waals surface area (Å²) in [7, 11) is -1.76. The molecule has 0 aliphatic rings. The van der Waals surface area contributed by atoms with Gasteiger partial charge in [-0.05, 0) is 31.5 Å². The van der Waals surface area contributed by atoms with Crippen molar-refractivity contribution in [2.45, 2.75) is 12.8 Å². The zero-order chi connectivity index (χ0) is 14.1. The molecule has 0 heterocycles. The van der Waals surface area contributed by atoms with E-state index in [4.69, 9.17) is 10.5 Å². The molecule has 0 atom stereocenters. The van der Waals surface area contributed by atoms with Gasteiger partial charge in [0.15, 0.2) is 0 Å². The number of sulfonamides is 1. The molecule has 0 bridgehead atoms. The summed E-state index contributed by atoms with van der Waals surface area (Å²) >= 11 is 0. The number of hydrogen-bond acceptors (Lipinski definition) is 4. The third-order valence-corrected chi connectivity index (χ3v) is 4.57. The summed E-state index contributed by atoms with van der Waals surface area (Å²) in [6.45, 7) is 1.32. The highest BCUT2D eigenvalue weighted by Gasteiger charge is 2.21. The molecule has 1 rings (SSSR count). The Bertz CT molecular complexity index is 448. The number of ether oxygens (including phenoxy) is 1. The summed E-state index contributed by atoms with van der Waals surface area (Å²) in [5.74, 6) is 0.0836. The van der Waals surface area contributed by atoms with Crippen molar-refractivity contribution in [1.82, 2.24) is 0 Å². The summed E-state index contributed by atoms with van der Waals surface area (Å²) in [5.41, 5.74) is 6.17. The van der Waals surface area contributed by atoms with E-state index in [9.17, 15) is 8.42 Å². The quantitative estimate of drug-likeness (QED) is 0.693. The molecule has 0 radical (unpaired) electrons. The van der Waals surface area contributed by atoms with Crippen LogP contribution in [-0.2, 0) is 14.8 Å². The predicted octanol–water partition coefficient (Wildman–Crippen LogP) is 1.21. The van der Waals surface area contributed by atoms with Crippen LogP contribution in [0.5, 0.6) is 0 Å². The smallest absolute Gasteiger partial charge is 0.235 e. The zero-order valence-electron chi connectivity index (χ0n) is 11.3. The lowest BCUT2D eigenvalue weighted by atomic mass is 10.3. The number of benzene rings is 1. The fourth-order valence-electron chi connectivity index (χ4n) is 1.75. The standard InChI is InChI=1S/C13H22N2O3S/c1-18-11-6-12-19(16,17)15(10-5-9-14)13-7-3-2-4-8-13/h2-4,7-8H,5-6,9-12,14H2,1H3. The van der Waals surface area contributed by atoms with E-state index in [0.29, 0.717) is 38.2 Å². The van der Waals surface area contributed by atoms with Crippen LogP contribution in [0.2, 0.25) is 0 Å². The number of nitrogens with zero attached hydrogens (tertiary/aromatic N) is 1. The van der Waals surface area contributed by atoms with E-state index >= 15 is 0 Å². The topological polar surface area (TPSA) is 72.6 Å². The van der Waals surface area contributed by atoms with Crippen LogP contribution in [0.3, 0.4) is 0 Å². The lowest BCUT2D eigenvalue weighted by molar-refractivity contribution is 0.199. The SMILES string of the molecule is COCCCS(=O)(=O)N(CCCN)c1ccccc1. The number of nitrogens with two attached hydrogens (primary N) is 1. The Morgan fingerprint density at radius 1 is 1.21 bits per heavy atom. The van der Waals surface area contributed by atoms with Gasteiger partial charge in [0.1, 0.15) is 0 Å². The Morgan fingerprint density at radius 2 is 1.89 bits per heavy atom. The number of anilines is 1.